The Bertz CT molecular complexity index is 1030. The van der Waals surface area contributed by atoms with Gasteiger partial charge in [0.15, 0.2) is 0 Å². The number of hydrogen-bond donors (Lipinski definition) is 2. The quantitative estimate of drug-likeness (QED) is 0.662. The third kappa shape index (κ3) is 4.75. The van der Waals surface area contributed by atoms with E-state index in [2.05, 4.69) is 29.0 Å². The number of carbonyl (C=O) groups is 2. The molecule has 1 aliphatic heterocycles. The Morgan fingerprint density at radius 1 is 1.13 bits per heavy atom. The van der Waals surface area contributed by atoms with Crippen LogP contribution in [0, 0.1) is 0 Å². The summed E-state index contributed by atoms with van der Waals surface area (Å²) in [6, 6.07) is 17.0. The first kappa shape index (κ1) is 19.8. The van der Waals surface area contributed by atoms with Crippen molar-refractivity contribution in [3.63, 3.8) is 0 Å². The van der Waals surface area contributed by atoms with Gasteiger partial charge in [-0.2, -0.15) is 5.10 Å². The molecule has 4 rings (SSSR count). The van der Waals surface area contributed by atoms with Crippen molar-refractivity contribution in [2.24, 2.45) is 0 Å². The fourth-order valence-electron chi connectivity index (χ4n) is 3.53. The number of carbonyl (C=O) groups excluding carboxylic acids is 2. The largest absolute Gasteiger partial charge is 0.370 e. The Kier molecular flexibility index (Phi) is 5.90. The maximum atomic E-state index is 12.5. The summed E-state index contributed by atoms with van der Waals surface area (Å²) in [5.41, 5.74) is 4.42. The monoisotopic (exact) mass is 404 g/mol. The summed E-state index contributed by atoms with van der Waals surface area (Å²) >= 11 is 0. The van der Waals surface area contributed by atoms with E-state index in [1.54, 1.807) is 24.3 Å². The number of anilines is 1. The lowest BCUT2D eigenvalue weighted by molar-refractivity contribution is -0.114. The standard InChI is InChI=1S/C23H24N4O3/c1-16(28)25-20-9-7-18(8-10-20)23(29)24-13-21-22-19(11-12-30-21)15-27(26-22)14-17-5-3-2-4-6-17/h2-10,15,21H,11-14H2,1H3,(H,24,29)(H,25,28). The molecule has 1 aliphatic rings. The van der Waals surface area contributed by atoms with Crippen LogP contribution in [0.25, 0.3) is 0 Å². The highest BCUT2D eigenvalue weighted by Gasteiger charge is 2.25. The molecule has 0 saturated carbocycles. The first-order chi connectivity index (χ1) is 14.6. The van der Waals surface area contributed by atoms with Crippen LogP contribution >= 0.6 is 0 Å². The van der Waals surface area contributed by atoms with Gasteiger partial charge in [-0.25, -0.2) is 0 Å². The number of fused-ring (bicyclic) bond motifs is 1. The number of rotatable bonds is 6. The topological polar surface area (TPSA) is 85.3 Å². The summed E-state index contributed by atoms with van der Waals surface area (Å²) in [4.78, 5) is 23.6. The van der Waals surface area contributed by atoms with Gasteiger partial charge in [0.2, 0.25) is 5.91 Å². The Balaban J connectivity index is 1.39. The Morgan fingerprint density at radius 2 is 1.90 bits per heavy atom. The second-order valence-electron chi connectivity index (χ2n) is 7.30. The molecule has 0 fully saturated rings. The normalized spacial score (nSPS) is 15.3. The van der Waals surface area contributed by atoms with Crippen LogP contribution in [0.2, 0.25) is 0 Å². The minimum Gasteiger partial charge on any atom is -0.370 e. The van der Waals surface area contributed by atoms with Gasteiger partial charge in [0, 0.05) is 30.9 Å². The molecular formula is C23H24N4O3. The van der Waals surface area contributed by atoms with E-state index >= 15 is 0 Å². The summed E-state index contributed by atoms with van der Waals surface area (Å²) in [5.74, 6) is -0.340. The van der Waals surface area contributed by atoms with E-state index < -0.39 is 0 Å². The third-order valence-corrected chi connectivity index (χ3v) is 4.97. The SMILES string of the molecule is CC(=O)Nc1ccc(C(=O)NCC2OCCc3cn(Cc4ccccc4)nc32)cc1. The molecule has 0 spiro atoms. The van der Waals surface area contributed by atoms with Crippen LogP contribution in [0.5, 0.6) is 0 Å². The van der Waals surface area contributed by atoms with E-state index in [9.17, 15) is 9.59 Å². The van der Waals surface area contributed by atoms with Gasteiger partial charge in [-0.3, -0.25) is 14.3 Å². The lowest BCUT2D eigenvalue weighted by atomic mass is 10.1. The summed E-state index contributed by atoms with van der Waals surface area (Å²) in [6.07, 6.45) is 2.62. The highest BCUT2D eigenvalue weighted by molar-refractivity contribution is 5.95. The molecule has 2 aromatic carbocycles. The molecule has 7 heteroatoms. The van der Waals surface area contributed by atoms with E-state index in [0.717, 1.165) is 17.7 Å². The molecule has 2 heterocycles. The van der Waals surface area contributed by atoms with E-state index in [-0.39, 0.29) is 17.9 Å². The molecular weight excluding hydrogens is 380 g/mol. The fraction of sp³-hybridized carbons (Fsp3) is 0.261. The smallest absolute Gasteiger partial charge is 0.251 e. The average molecular weight is 404 g/mol. The van der Waals surface area contributed by atoms with Gasteiger partial charge in [0.25, 0.3) is 5.91 Å². The highest BCUT2D eigenvalue weighted by Crippen LogP contribution is 2.25. The van der Waals surface area contributed by atoms with Gasteiger partial charge < -0.3 is 15.4 Å². The Hall–Kier alpha value is -3.45. The molecule has 1 aromatic heterocycles. The van der Waals surface area contributed by atoms with Gasteiger partial charge in [-0.1, -0.05) is 30.3 Å². The van der Waals surface area contributed by atoms with Crippen molar-refractivity contribution < 1.29 is 14.3 Å². The second kappa shape index (κ2) is 8.92. The molecule has 7 nitrogen and oxygen atoms in total. The molecule has 2 amide bonds. The second-order valence-corrected chi connectivity index (χ2v) is 7.30. The van der Waals surface area contributed by atoms with Gasteiger partial charge in [-0.15, -0.1) is 0 Å². The number of nitrogens with one attached hydrogen (secondary N) is 2. The van der Waals surface area contributed by atoms with Crippen LogP contribution in [-0.2, 0) is 22.5 Å². The zero-order chi connectivity index (χ0) is 20.9. The predicted octanol–water partition coefficient (Wildman–Crippen LogP) is 2.93. The van der Waals surface area contributed by atoms with Crippen LogP contribution in [0.15, 0.2) is 60.8 Å². The van der Waals surface area contributed by atoms with Crippen LogP contribution in [-0.4, -0.2) is 34.7 Å². The summed E-state index contributed by atoms with van der Waals surface area (Å²) in [7, 11) is 0. The average Bonchev–Trinajstić information content (AvgIpc) is 3.16. The molecule has 0 radical (unpaired) electrons. The maximum Gasteiger partial charge on any atom is 0.251 e. The van der Waals surface area contributed by atoms with Crippen molar-refractivity contribution >= 4 is 17.5 Å². The van der Waals surface area contributed by atoms with Crippen LogP contribution in [0.1, 0.15) is 40.2 Å². The number of amides is 2. The van der Waals surface area contributed by atoms with Crippen molar-refractivity contribution in [3.05, 3.63) is 83.2 Å². The lowest BCUT2D eigenvalue weighted by Gasteiger charge is -2.22. The molecule has 30 heavy (non-hydrogen) atoms. The molecule has 1 atom stereocenters. The van der Waals surface area contributed by atoms with E-state index in [0.29, 0.717) is 30.9 Å². The molecule has 0 aliphatic carbocycles. The van der Waals surface area contributed by atoms with Gasteiger partial charge in [-0.05, 0) is 41.8 Å². The van der Waals surface area contributed by atoms with E-state index in [4.69, 9.17) is 9.84 Å². The Labute approximate surface area is 175 Å². The number of hydrogen-bond acceptors (Lipinski definition) is 4. The number of nitrogens with zero attached hydrogens (tertiary/aromatic N) is 2. The number of benzene rings is 2. The van der Waals surface area contributed by atoms with Gasteiger partial charge in [0.05, 0.1) is 18.8 Å². The first-order valence-electron chi connectivity index (χ1n) is 9.96. The lowest BCUT2D eigenvalue weighted by Crippen LogP contribution is -2.31. The zero-order valence-corrected chi connectivity index (χ0v) is 16.8. The van der Waals surface area contributed by atoms with Gasteiger partial charge >= 0.3 is 0 Å². The van der Waals surface area contributed by atoms with Crippen LogP contribution < -0.4 is 10.6 Å². The van der Waals surface area contributed by atoms with Crippen molar-refractivity contribution in [2.75, 3.05) is 18.5 Å². The number of aromatic nitrogens is 2. The number of ether oxygens (including phenoxy) is 1. The van der Waals surface area contributed by atoms with Crippen molar-refractivity contribution in [1.82, 2.24) is 15.1 Å². The predicted molar refractivity (Wildman–Crippen MR) is 113 cm³/mol. The molecule has 0 saturated heterocycles. The molecule has 2 N–H and O–H groups in total. The summed E-state index contributed by atoms with van der Waals surface area (Å²) in [6.45, 7) is 3.10. The van der Waals surface area contributed by atoms with Crippen molar-refractivity contribution in [3.8, 4) is 0 Å². The van der Waals surface area contributed by atoms with Crippen molar-refractivity contribution in [1.29, 1.82) is 0 Å². The zero-order valence-electron chi connectivity index (χ0n) is 16.8. The third-order valence-electron chi connectivity index (χ3n) is 4.97. The van der Waals surface area contributed by atoms with Gasteiger partial charge in [0.1, 0.15) is 6.10 Å². The van der Waals surface area contributed by atoms with Crippen molar-refractivity contribution in [2.45, 2.75) is 26.0 Å². The van der Waals surface area contributed by atoms with E-state index in [1.165, 1.54) is 12.5 Å². The molecule has 1 unspecified atom stereocenters. The minimum atomic E-state index is -0.270. The molecule has 154 valence electrons. The minimum absolute atomic E-state index is 0.149. The summed E-state index contributed by atoms with van der Waals surface area (Å²) < 4.78 is 7.81. The van der Waals surface area contributed by atoms with Crippen LogP contribution in [0.4, 0.5) is 5.69 Å². The van der Waals surface area contributed by atoms with E-state index in [1.807, 2.05) is 22.9 Å². The first-order valence-corrected chi connectivity index (χ1v) is 9.96. The fourth-order valence-corrected chi connectivity index (χ4v) is 3.53. The highest BCUT2D eigenvalue weighted by atomic mass is 16.5. The Morgan fingerprint density at radius 3 is 2.63 bits per heavy atom. The van der Waals surface area contributed by atoms with Crippen LogP contribution in [0.3, 0.4) is 0 Å². The maximum absolute atomic E-state index is 12.5. The summed E-state index contributed by atoms with van der Waals surface area (Å²) in [5, 5.41) is 10.3. The molecule has 3 aromatic rings. The molecule has 0 bridgehead atoms.